The topological polar surface area (TPSA) is 123 Å². The number of aromatic nitrogens is 3. The Balaban J connectivity index is 1.18. The molecule has 0 radical (unpaired) electrons. The van der Waals surface area contributed by atoms with E-state index in [0.29, 0.717) is 35.0 Å². The second kappa shape index (κ2) is 11.0. The molecule has 11 heteroatoms. The standard InChI is InChI=1S/C29H25FN6O3S/c30-21-7-6-18(11-23(21)33-29(39)26-12-19-3-1-2-4-25(19)40-26)22-13-24(28(38)35-34-22)32-27-8-5-17(14-31-27)15-36-10-9-20(37)16-36/h1-8,11-14,20,37H,9-10,15-16H2,(H,33,39)(H,35,38)(H,31,32,34). The quantitative estimate of drug-likeness (QED) is 0.228. The number of rotatable bonds is 7. The van der Waals surface area contributed by atoms with Gasteiger partial charge in [0.05, 0.1) is 22.4 Å². The Labute approximate surface area is 232 Å². The van der Waals surface area contributed by atoms with E-state index in [1.165, 1.54) is 29.5 Å². The van der Waals surface area contributed by atoms with Gasteiger partial charge in [-0.25, -0.2) is 14.5 Å². The van der Waals surface area contributed by atoms with Crippen LogP contribution < -0.4 is 16.2 Å². The normalized spacial score (nSPS) is 15.4. The zero-order chi connectivity index (χ0) is 27.6. The number of hydrogen-bond donors (Lipinski definition) is 4. The molecule has 0 bridgehead atoms. The van der Waals surface area contributed by atoms with Crippen LogP contribution in [-0.2, 0) is 6.54 Å². The fraction of sp³-hybridized carbons (Fsp3) is 0.172. The van der Waals surface area contributed by atoms with Crippen LogP contribution >= 0.6 is 11.3 Å². The van der Waals surface area contributed by atoms with Crippen LogP contribution in [0.1, 0.15) is 21.7 Å². The average Bonchev–Trinajstić information content (AvgIpc) is 3.58. The molecular weight excluding hydrogens is 531 g/mol. The summed E-state index contributed by atoms with van der Waals surface area (Å²) in [5.41, 5.74) is 1.66. The van der Waals surface area contributed by atoms with Gasteiger partial charge >= 0.3 is 0 Å². The highest BCUT2D eigenvalue weighted by Crippen LogP contribution is 2.28. The van der Waals surface area contributed by atoms with Crippen LogP contribution in [0.4, 0.5) is 21.6 Å². The van der Waals surface area contributed by atoms with Gasteiger partial charge in [-0.05, 0) is 59.8 Å². The summed E-state index contributed by atoms with van der Waals surface area (Å²) in [5, 5.41) is 22.9. The number of fused-ring (bicyclic) bond motifs is 1. The molecule has 1 amide bonds. The van der Waals surface area contributed by atoms with E-state index in [4.69, 9.17) is 0 Å². The van der Waals surface area contributed by atoms with Gasteiger partial charge in [-0.2, -0.15) is 5.10 Å². The largest absolute Gasteiger partial charge is 0.392 e. The van der Waals surface area contributed by atoms with Crippen molar-refractivity contribution in [1.29, 1.82) is 0 Å². The number of β-amino-alcohol motifs (C(OH)–C–C–N with tert-alkyl or cyclic N) is 1. The van der Waals surface area contributed by atoms with Crippen molar-refractivity contribution < 1.29 is 14.3 Å². The van der Waals surface area contributed by atoms with Gasteiger partial charge in [0, 0.05) is 36.1 Å². The lowest BCUT2D eigenvalue weighted by Crippen LogP contribution is -2.21. The number of amides is 1. The number of thiophene rings is 1. The lowest BCUT2D eigenvalue weighted by atomic mass is 10.1. The van der Waals surface area contributed by atoms with Crippen LogP contribution in [0.5, 0.6) is 0 Å². The fourth-order valence-corrected chi connectivity index (χ4v) is 5.61. The monoisotopic (exact) mass is 556 g/mol. The number of pyridine rings is 1. The summed E-state index contributed by atoms with van der Waals surface area (Å²) in [4.78, 5) is 32.4. The first-order valence-electron chi connectivity index (χ1n) is 12.7. The van der Waals surface area contributed by atoms with Crippen LogP contribution in [0.2, 0.25) is 0 Å². The second-order valence-electron chi connectivity index (χ2n) is 9.65. The summed E-state index contributed by atoms with van der Waals surface area (Å²) in [6.45, 7) is 2.18. The molecular formula is C29H25FN6O3S. The molecule has 1 fully saturated rings. The third-order valence-corrected chi connectivity index (χ3v) is 7.82. The van der Waals surface area contributed by atoms with Gasteiger partial charge in [0.25, 0.3) is 11.5 Å². The predicted octanol–water partition coefficient (Wildman–Crippen LogP) is 4.75. The van der Waals surface area contributed by atoms with Crippen molar-refractivity contribution in [3.8, 4) is 11.3 Å². The van der Waals surface area contributed by atoms with Gasteiger partial charge in [-0.1, -0.05) is 24.3 Å². The number of likely N-dealkylation sites (tertiary alicyclic amines) is 1. The smallest absolute Gasteiger partial charge is 0.287 e. The predicted molar refractivity (Wildman–Crippen MR) is 153 cm³/mol. The highest BCUT2D eigenvalue weighted by Gasteiger charge is 2.20. The first-order valence-corrected chi connectivity index (χ1v) is 13.5. The first-order chi connectivity index (χ1) is 19.4. The van der Waals surface area contributed by atoms with E-state index in [2.05, 4.69) is 30.7 Å². The highest BCUT2D eigenvalue weighted by atomic mass is 32.1. The zero-order valence-electron chi connectivity index (χ0n) is 21.2. The molecule has 9 nitrogen and oxygen atoms in total. The Kier molecular flexibility index (Phi) is 7.08. The van der Waals surface area contributed by atoms with Gasteiger partial charge in [-0.3, -0.25) is 14.5 Å². The molecule has 6 rings (SSSR count). The van der Waals surface area contributed by atoms with Crippen LogP contribution in [-0.4, -0.2) is 50.3 Å². The molecule has 0 aliphatic carbocycles. The van der Waals surface area contributed by atoms with Crippen molar-refractivity contribution in [3.63, 3.8) is 0 Å². The van der Waals surface area contributed by atoms with Gasteiger partial charge in [0.2, 0.25) is 0 Å². The molecule has 1 aliphatic heterocycles. The van der Waals surface area contributed by atoms with Crippen LogP contribution in [0.25, 0.3) is 21.3 Å². The van der Waals surface area contributed by atoms with Crippen LogP contribution in [0, 0.1) is 5.82 Å². The zero-order valence-corrected chi connectivity index (χ0v) is 22.0. The molecule has 40 heavy (non-hydrogen) atoms. The molecule has 2 aromatic carbocycles. The van der Waals surface area contributed by atoms with Crippen molar-refractivity contribution in [2.24, 2.45) is 0 Å². The van der Waals surface area contributed by atoms with Gasteiger partial charge < -0.3 is 15.7 Å². The van der Waals surface area contributed by atoms with E-state index >= 15 is 0 Å². The summed E-state index contributed by atoms with van der Waals surface area (Å²) < 4.78 is 15.6. The Hall–Kier alpha value is -4.45. The van der Waals surface area contributed by atoms with Crippen molar-refractivity contribution in [2.45, 2.75) is 19.1 Å². The third kappa shape index (κ3) is 5.62. The van der Waals surface area contributed by atoms with E-state index in [1.54, 1.807) is 24.4 Å². The molecule has 1 saturated heterocycles. The molecule has 3 aromatic heterocycles. The van der Waals surface area contributed by atoms with Gasteiger partial charge in [-0.15, -0.1) is 11.3 Å². The number of hydrogen-bond acceptors (Lipinski definition) is 8. The minimum absolute atomic E-state index is 0.00485. The van der Waals surface area contributed by atoms with Gasteiger partial charge in [0.15, 0.2) is 0 Å². The summed E-state index contributed by atoms with van der Waals surface area (Å²) >= 11 is 1.33. The highest BCUT2D eigenvalue weighted by molar-refractivity contribution is 7.20. The maximum atomic E-state index is 14.7. The maximum Gasteiger partial charge on any atom is 0.287 e. The number of aliphatic hydroxyl groups is 1. The van der Waals surface area contributed by atoms with Crippen molar-refractivity contribution in [3.05, 3.63) is 99.5 Å². The summed E-state index contributed by atoms with van der Waals surface area (Å²) in [7, 11) is 0. The lowest BCUT2D eigenvalue weighted by Gasteiger charge is -2.15. The van der Waals surface area contributed by atoms with E-state index < -0.39 is 17.3 Å². The van der Waals surface area contributed by atoms with E-state index in [-0.39, 0.29) is 17.5 Å². The number of H-pyrrole nitrogens is 1. The number of anilines is 3. The maximum absolute atomic E-state index is 14.7. The van der Waals surface area contributed by atoms with Crippen molar-refractivity contribution >= 4 is 44.5 Å². The summed E-state index contributed by atoms with van der Waals surface area (Å²) in [6.07, 6.45) is 2.22. The minimum Gasteiger partial charge on any atom is -0.392 e. The third-order valence-electron chi connectivity index (χ3n) is 6.70. The fourth-order valence-electron chi connectivity index (χ4n) is 4.65. The Morgan fingerprint density at radius 1 is 1.12 bits per heavy atom. The molecule has 0 saturated carbocycles. The van der Waals surface area contributed by atoms with E-state index in [1.807, 2.05) is 30.3 Å². The van der Waals surface area contributed by atoms with Crippen LogP contribution in [0.3, 0.4) is 0 Å². The lowest BCUT2D eigenvalue weighted by molar-refractivity contribution is 0.103. The summed E-state index contributed by atoms with van der Waals surface area (Å²) in [5.74, 6) is -0.526. The summed E-state index contributed by atoms with van der Waals surface area (Å²) in [6, 6.07) is 18.9. The number of benzene rings is 2. The van der Waals surface area contributed by atoms with Crippen molar-refractivity contribution in [1.82, 2.24) is 20.1 Å². The minimum atomic E-state index is -0.589. The Morgan fingerprint density at radius 2 is 2.00 bits per heavy atom. The molecule has 1 atom stereocenters. The van der Waals surface area contributed by atoms with Gasteiger partial charge in [0.1, 0.15) is 17.3 Å². The van der Waals surface area contributed by atoms with Crippen LogP contribution in [0.15, 0.2) is 77.7 Å². The molecule has 0 spiro atoms. The van der Waals surface area contributed by atoms with Crippen molar-refractivity contribution in [2.75, 3.05) is 23.7 Å². The molecule has 1 unspecified atom stereocenters. The molecule has 202 valence electrons. The number of aliphatic hydroxyl groups excluding tert-OH is 1. The van der Waals surface area contributed by atoms with E-state index in [9.17, 15) is 19.1 Å². The number of nitrogens with one attached hydrogen (secondary N) is 3. The molecule has 4 N–H and O–H groups in total. The average molecular weight is 557 g/mol. The SMILES string of the molecule is O=C(Nc1cc(-c2cc(Nc3ccc(CN4CCC(O)C4)cn3)c(=O)[nH]n2)ccc1F)c1cc2ccccc2s1. The second-order valence-corrected chi connectivity index (χ2v) is 10.7. The number of carbonyl (C=O) groups excluding carboxylic acids is 1. The number of halogens is 1. The molecule has 5 aromatic rings. The number of aromatic amines is 1. The number of nitrogens with zero attached hydrogens (tertiary/aromatic N) is 3. The Morgan fingerprint density at radius 3 is 2.77 bits per heavy atom. The Bertz CT molecular complexity index is 1720. The van der Waals surface area contributed by atoms with E-state index in [0.717, 1.165) is 28.6 Å². The molecule has 4 heterocycles. The first kappa shape index (κ1) is 25.8. The number of carbonyl (C=O) groups is 1. The molecule has 1 aliphatic rings.